The second kappa shape index (κ2) is 8.53. The van der Waals surface area contributed by atoms with E-state index in [9.17, 15) is 15.0 Å². The molecule has 1 aliphatic heterocycles. The number of aliphatic hydroxyl groups excluding tert-OH is 1. The number of aliphatic hydroxyl groups is 2. The Bertz CT molecular complexity index is 780. The maximum absolute atomic E-state index is 12.9. The molecule has 0 unspecified atom stereocenters. The highest BCUT2D eigenvalue weighted by Gasteiger charge is 2.61. The maximum Gasteiger partial charge on any atom is 0.222 e. The zero-order chi connectivity index (χ0) is 22.3. The third-order valence-corrected chi connectivity index (χ3v) is 8.49. The van der Waals surface area contributed by atoms with Crippen molar-refractivity contribution in [2.24, 2.45) is 16.7 Å². The molecule has 3 N–H and O–H groups in total. The molecule has 3 aliphatic rings. The second-order valence-corrected chi connectivity index (χ2v) is 11.2. The first-order valence-corrected chi connectivity index (χ1v) is 12.1. The minimum atomic E-state index is -0.629. The Balaban J connectivity index is 1.53. The van der Waals surface area contributed by atoms with E-state index in [1.54, 1.807) is 0 Å². The second-order valence-electron chi connectivity index (χ2n) is 11.2. The Labute approximate surface area is 186 Å². The molecule has 31 heavy (non-hydrogen) atoms. The van der Waals surface area contributed by atoms with Crippen LogP contribution in [0.4, 0.5) is 0 Å². The number of nitrogens with one attached hydrogen (secondary N) is 1. The van der Waals surface area contributed by atoms with Crippen molar-refractivity contribution in [2.75, 3.05) is 13.1 Å². The van der Waals surface area contributed by atoms with E-state index in [2.05, 4.69) is 19.2 Å². The van der Waals surface area contributed by atoms with Crippen LogP contribution in [0.5, 0.6) is 0 Å². The van der Waals surface area contributed by atoms with Crippen LogP contribution < -0.4 is 5.32 Å². The van der Waals surface area contributed by atoms with Gasteiger partial charge in [0.15, 0.2) is 0 Å². The summed E-state index contributed by atoms with van der Waals surface area (Å²) in [6.45, 7) is 8.97. The third-order valence-electron chi connectivity index (χ3n) is 8.49. The first-order valence-electron chi connectivity index (χ1n) is 12.1. The van der Waals surface area contributed by atoms with Gasteiger partial charge in [0.1, 0.15) is 18.1 Å². The molecule has 0 bridgehead atoms. The standard InChI is InChI=1S/C25H40N2O4/c1-23(2)15-21(26-16-18-6-7-19(17-28)31-18)25(11-10-24(3,30)14-20(23)25)9-8-22(29)27-12-4-5-13-27/h6-7,20-21,26,28,30H,4-5,8-17H2,1-3H3/t20-,21-,24+,25+/m0/s1. The van der Waals surface area contributed by atoms with Crippen LogP contribution in [0.15, 0.2) is 16.5 Å². The van der Waals surface area contributed by atoms with Crippen molar-refractivity contribution in [3.05, 3.63) is 23.7 Å². The summed E-state index contributed by atoms with van der Waals surface area (Å²) in [5.74, 6) is 2.08. The Kier molecular flexibility index (Phi) is 6.27. The number of likely N-dealkylation sites (tertiary alicyclic amines) is 1. The predicted octanol–water partition coefficient (Wildman–Crippen LogP) is 3.60. The van der Waals surface area contributed by atoms with Crippen molar-refractivity contribution < 1.29 is 19.4 Å². The maximum atomic E-state index is 12.9. The lowest BCUT2D eigenvalue weighted by Crippen LogP contribution is -2.51. The van der Waals surface area contributed by atoms with Crippen LogP contribution in [0.2, 0.25) is 0 Å². The molecule has 0 radical (unpaired) electrons. The van der Waals surface area contributed by atoms with Crippen LogP contribution in [-0.2, 0) is 17.9 Å². The van der Waals surface area contributed by atoms with Gasteiger partial charge < -0.3 is 24.8 Å². The van der Waals surface area contributed by atoms with E-state index in [1.165, 1.54) is 0 Å². The average molecular weight is 433 g/mol. The molecule has 4 rings (SSSR count). The smallest absolute Gasteiger partial charge is 0.222 e. The molecular formula is C25H40N2O4. The number of nitrogens with zero attached hydrogens (tertiary/aromatic N) is 1. The summed E-state index contributed by atoms with van der Waals surface area (Å²) in [7, 11) is 0. The number of carbonyl (C=O) groups excluding carboxylic acids is 1. The largest absolute Gasteiger partial charge is 0.462 e. The van der Waals surface area contributed by atoms with Gasteiger partial charge in [-0.05, 0) is 80.8 Å². The van der Waals surface area contributed by atoms with E-state index in [1.807, 2.05) is 24.0 Å². The minimum Gasteiger partial charge on any atom is -0.462 e. The van der Waals surface area contributed by atoms with Gasteiger partial charge >= 0.3 is 0 Å². The Morgan fingerprint density at radius 2 is 1.87 bits per heavy atom. The molecule has 6 heteroatoms. The van der Waals surface area contributed by atoms with Crippen LogP contribution >= 0.6 is 0 Å². The van der Waals surface area contributed by atoms with Crippen LogP contribution in [0, 0.1) is 16.7 Å². The molecule has 2 heterocycles. The predicted molar refractivity (Wildman–Crippen MR) is 119 cm³/mol. The summed E-state index contributed by atoms with van der Waals surface area (Å²) in [5, 5.41) is 24.0. The lowest BCUT2D eigenvalue weighted by Gasteiger charge is -2.51. The molecular weight excluding hydrogens is 392 g/mol. The van der Waals surface area contributed by atoms with Gasteiger partial charge in [-0.1, -0.05) is 13.8 Å². The van der Waals surface area contributed by atoms with Crippen LogP contribution in [0.25, 0.3) is 0 Å². The quantitative estimate of drug-likeness (QED) is 0.613. The fourth-order valence-electron chi connectivity index (χ4n) is 6.80. The van der Waals surface area contributed by atoms with Gasteiger partial charge in [0.05, 0.1) is 12.1 Å². The van der Waals surface area contributed by atoms with E-state index in [4.69, 9.17) is 4.42 Å². The topological polar surface area (TPSA) is 85.9 Å². The van der Waals surface area contributed by atoms with Gasteiger partial charge in [-0.2, -0.15) is 0 Å². The molecule has 4 atom stereocenters. The van der Waals surface area contributed by atoms with Gasteiger partial charge in [0.25, 0.3) is 0 Å². The van der Waals surface area contributed by atoms with E-state index in [-0.39, 0.29) is 23.5 Å². The highest BCUT2D eigenvalue weighted by atomic mass is 16.4. The summed E-state index contributed by atoms with van der Waals surface area (Å²) >= 11 is 0. The lowest BCUT2D eigenvalue weighted by molar-refractivity contribution is -0.132. The summed E-state index contributed by atoms with van der Waals surface area (Å²) in [6, 6.07) is 4.02. The molecule has 6 nitrogen and oxygen atoms in total. The van der Waals surface area contributed by atoms with Crippen molar-refractivity contribution in [3.8, 4) is 0 Å². The SMILES string of the molecule is CC1(C)C[C@H](NCc2ccc(CO)o2)[C@]2(CCC(=O)N3CCCC3)CC[C@@](C)(O)C[C@@H]12. The highest BCUT2D eigenvalue weighted by molar-refractivity contribution is 5.76. The fraction of sp³-hybridized carbons (Fsp3) is 0.800. The number of fused-ring (bicyclic) bond motifs is 1. The normalized spacial score (nSPS) is 34.8. The van der Waals surface area contributed by atoms with Crippen molar-refractivity contribution in [3.63, 3.8) is 0 Å². The first kappa shape index (κ1) is 22.8. The van der Waals surface area contributed by atoms with Gasteiger partial charge in [-0.3, -0.25) is 4.79 Å². The first-order chi connectivity index (χ1) is 14.7. The Morgan fingerprint density at radius 3 is 2.55 bits per heavy atom. The molecule has 174 valence electrons. The van der Waals surface area contributed by atoms with Crippen molar-refractivity contribution >= 4 is 5.91 Å². The zero-order valence-corrected chi connectivity index (χ0v) is 19.5. The van der Waals surface area contributed by atoms with Crippen LogP contribution in [0.1, 0.15) is 83.7 Å². The summed E-state index contributed by atoms with van der Waals surface area (Å²) in [6.07, 6.45) is 7.28. The minimum absolute atomic E-state index is 0.00747. The molecule has 1 aromatic rings. The molecule has 0 aromatic carbocycles. The van der Waals surface area contributed by atoms with E-state index in [0.29, 0.717) is 30.6 Å². The van der Waals surface area contributed by atoms with E-state index < -0.39 is 5.60 Å². The third kappa shape index (κ3) is 4.57. The summed E-state index contributed by atoms with van der Waals surface area (Å²) in [4.78, 5) is 14.9. The Hall–Kier alpha value is -1.37. The molecule has 2 saturated carbocycles. The van der Waals surface area contributed by atoms with Crippen molar-refractivity contribution in [2.45, 2.75) is 96.9 Å². The van der Waals surface area contributed by atoms with E-state index >= 15 is 0 Å². The fourth-order valence-corrected chi connectivity index (χ4v) is 6.80. The lowest BCUT2D eigenvalue weighted by atomic mass is 9.57. The zero-order valence-electron chi connectivity index (χ0n) is 19.5. The number of carbonyl (C=O) groups is 1. The van der Waals surface area contributed by atoms with E-state index in [0.717, 1.165) is 63.8 Å². The van der Waals surface area contributed by atoms with Crippen LogP contribution in [0.3, 0.4) is 0 Å². The van der Waals surface area contributed by atoms with Crippen molar-refractivity contribution in [1.29, 1.82) is 0 Å². The number of amides is 1. The van der Waals surface area contributed by atoms with Gasteiger partial charge in [0.2, 0.25) is 5.91 Å². The number of hydrogen-bond acceptors (Lipinski definition) is 5. The number of furan rings is 1. The summed E-state index contributed by atoms with van der Waals surface area (Å²) in [5.41, 5.74) is -0.526. The highest BCUT2D eigenvalue weighted by Crippen LogP contribution is 2.63. The van der Waals surface area contributed by atoms with Gasteiger partial charge in [-0.15, -0.1) is 0 Å². The molecule has 1 aromatic heterocycles. The van der Waals surface area contributed by atoms with Crippen LogP contribution in [-0.4, -0.2) is 45.8 Å². The average Bonchev–Trinajstić information content (AvgIpc) is 3.44. The molecule has 2 aliphatic carbocycles. The molecule has 1 saturated heterocycles. The monoisotopic (exact) mass is 432 g/mol. The van der Waals surface area contributed by atoms with Gasteiger partial charge in [-0.25, -0.2) is 0 Å². The Morgan fingerprint density at radius 1 is 1.16 bits per heavy atom. The molecule has 3 fully saturated rings. The molecule has 0 spiro atoms. The molecule has 1 amide bonds. The van der Waals surface area contributed by atoms with Gasteiger partial charge in [0, 0.05) is 25.6 Å². The summed E-state index contributed by atoms with van der Waals surface area (Å²) < 4.78 is 5.70. The number of rotatable bonds is 7. The number of hydrogen-bond donors (Lipinski definition) is 3. The van der Waals surface area contributed by atoms with Crippen molar-refractivity contribution in [1.82, 2.24) is 10.2 Å².